The molecule has 1 heterocycles. The molecule has 0 aromatic heterocycles. The summed E-state index contributed by atoms with van der Waals surface area (Å²) in [6.45, 7) is 2.24. The topological polar surface area (TPSA) is 47.6 Å². The molecular weight excluding hydrogens is 382 g/mol. The Morgan fingerprint density at radius 2 is 1.76 bits per heavy atom. The van der Waals surface area contributed by atoms with E-state index >= 15 is 0 Å². The van der Waals surface area contributed by atoms with Gasteiger partial charge in [-0.25, -0.2) is 4.79 Å². The Morgan fingerprint density at radius 3 is 2.44 bits per heavy atom. The third kappa shape index (κ3) is 4.83. The summed E-state index contributed by atoms with van der Waals surface area (Å²) in [6, 6.07) is 18.0. The minimum Gasteiger partial charge on any atom is -0.445 e. The van der Waals surface area contributed by atoms with E-state index in [0.717, 1.165) is 22.9 Å². The van der Waals surface area contributed by atoms with Gasteiger partial charge in [-0.15, -0.1) is 0 Å². The lowest BCUT2D eigenvalue weighted by Crippen LogP contribution is -2.44. The third-order valence-electron chi connectivity index (χ3n) is 4.69. The number of ether oxygens (including phenoxy) is 2. The highest BCUT2D eigenvalue weighted by molar-refractivity contribution is 9.10. The largest absolute Gasteiger partial charge is 0.445 e. The van der Waals surface area contributed by atoms with E-state index in [1.807, 2.05) is 42.5 Å². The van der Waals surface area contributed by atoms with E-state index < -0.39 is 0 Å². The van der Waals surface area contributed by atoms with Crippen LogP contribution in [0.5, 0.6) is 0 Å². The summed E-state index contributed by atoms with van der Waals surface area (Å²) in [6.07, 6.45) is 1.38. The van der Waals surface area contributed by atoms with Gasteiger partial charge in [0.2, 0.25) is 0 Å². The molecule has 1 N–H and O–H groups in total. The molecule has 1 aliphatic rings. The molecule has 0 atom stereocenters. The molecule has 1 fully saturated rings. The quantitative estimate of drug-likeness (QED) is 0.803. The summed E-state index contributed by atoms with van der Waals surface area (Å²) in [4.78, 5) is 12.1. The van der Waals surface area contributed by atoms with Crippen LogP contribution in [0.25, 0.3) is 0 Å². The summed E-state index contributed by atoms with van der Waals surface area (Å²) in [5, 5.41) is 2.95. The Hall–Kier alpha value is -1.85. The fourth-order valence-corrected chi connectivity index (χ4v) is 3.41. The lowest BCUT2D eigenvalue weighted by atomic mass is 9.74. The minimum atomic E-state index is -0.383. The summed E-state index contributed by atoms with van der Waals surface area (Å²) in [5.41, 5.74) is 2.10. The molecule has 1 aliphatic heterocycles. The van der Waals surface area contributed by atoms with Crippen LogP contribution >= 0.6 is 15.9 Å². The highest BCUT2D eigenvalue weighted by atomic mass is 79.9. The van der Waals surface area contributed by atoms with Gasteiger partial charge < -0.3 is 14.8 Å². The van der Waals surface area contributed by atoms with E-state index in [1.165, 1.54) is 5.56 Å². The van der Waals surface area contributed by atoms with E-state index in [4.69, 9.17) is 9.47 Å². The number of carbonyl (C=O) groups excluding carboxylic acids is 1. The molecule has 0 unspecified atom stereocenters. The van der Waals surface area contributed by atoms with Crippen LogP contribution in [0.3, 0.4) is 0 Å². The molecule has 5 heteroatoms. The van der Waals surface area contributed by atoms with Gasteiger partial charge in [-0.1, -0.05) is 58.4 Å². The second-order valence-electron chi connectivity index (χ2n) is 6.31. The second-order valence-corrected chi connectivity index (χ2v) is 7.23. The average Bonchev–Trinajstić information content (AvgIpc) is 2.67. The van der Waals surface area contributed by atoms with E-state index in [2.05, 4.69) is 33.4 Å². The molecule has 1 amide bonds. The van der Waals surface area contributed by atoms with Gasteiger partial charge in [0.25, 0.3) is 0 Å². The average molecular weight is 404 g/mol. The number of benzene rings is 2. The number of hydrogen-bond donors (Lipinski definition) is 1. The zero-order valence-electron chi connectivity index (χ0n) is 14.0. The van der Waals surface area contributed by atoms with Gasteiger partial charge in [0.1, 0.15) is 6.61 Å². The van der Waals surface area contributed by atoms with Crippen LogP contribution in [0.1, 0.15) is 24.0 Å². The van der Waals surface area contributed by atoms with Crippen LogP contribution in [0, 0.1) is 0 Å². The third-order valence-corrected chi connectivity index (χ3v) is 5.22. The smallest absolute Gasteiger partial charge is 0.407 e. The minimum absolute atomic E-state index is 0.106. The first-order chi connectivity index (χ1) is 12.2. The summed E-state index contributed by atoms with van der Waals surface area (Å²) >= 11 is 3.48. The molecule has 3 rings (SSSR count). The van der Waals surface area contributed by atoms with Crippen molar-refractivity contribution in [3.63, 3.8) is 0 Å². The van der Waals surface area contributed by atoms with E-state index in [9.17, 15) is 4.79 Å². The summed E-state index contributed by atoms with van der Waals surface area (Å²) < 4.78 is 11.9. The number of carbonyl (C=O) groups is 1. The van der Waals surface area contributed by atoms with Gasteiger partial charge in [-0.05, 0) is 36.1 Å². The lowest BCUT2D eigenvalue weighted by Gasteiger charge is -2.37. The first-order valence-corrected chi connectivity index (χ1v) is 9.26. The SMILES string of the molecule is O=C(NCC1(c2ccc(Br)cc2)CCOCC1)OCc1ccccc1. The fraction of sp³-hybridized carbons (Fsp3) is 0.350. The van der Waals surface area contributed by atoms with Crippen molar-refractivity contribution in [2.24, 2.45) is 0 Å². The Bertz CT molecular complexity index is 682. The predicted octanol–water partition coefficient (Wildman–Crippen LogP) is 4.42. The standard InChI is InChI=1S/C20H22BrNO3/c21-18-8-6-17(7-9-18)20(10-12-24-13-11-20)15-22-19(23)25-14-16-4-2-1-3-5-16/h1-9H,10-15H2,(H,22,23). The molecule has 132 valence electrons. The molecule has 2 aromatic carbocycles. The predicted molar refractivity (Wildman–Crippen MR) is 101 cm³/mol. The Balaban J connectivity index is 1.61. The molecule has 0 bridgehead atoms. The van der Waals surface area contributed by atoms with Crippen molar-refractivity contribution in [2.75, 3.05) is 19.8 Å². The van der Waals surface area contributed by atoms with Gasteiger partial charge in [-0.2, -0.15) is 0 Å². The maximum Gasteiger partial charge on any atom is 0.407 e. The van der Waals surface area contributed by atoms with Gasteiger partial charge >= 0.3 is 6.09 Å². The molecule has 25 heavy (non-hydrogen) atoms. The lowest BCUT2D eigenvalue weighted by molar-refractivity contribution is 0.0487. The van der Waals surface area contributed by atoms with Gasteiger partial charge in [-0.3, -0.25) is 0 Å². The van der Waals surface area contributed by atoms with Gasteiger partial charge in [0.15, 0.2) is 0 Å². The fourth-order valence-electron chi connectivity index (χ4n) is 3.15. The van der Waals surface area contributed by atoms with Crippen molar-refractivity contribution in [3.8, 4) is 0 Å². The highest BCUT2D eigenvalue weighted by Gasteiger charge is 2.35. The number of rotatable bonds is 5. The Morgan fingerprint density at radius 1 is 1.08 bits per heavy atom. The maximum absolute atomic E-state index is 12.1. The Kier molecular flexibility index (Phi) is 6.10. The zero-order chi connectivity index (χ0) is 17.5. The first-order valence-electron chi connectivity index (χ1n) is 8.46. The van der Waals surface area contributed by atoms with Crippen molar-refractivity contribution in [2.45, 2.75) is 24.9 Å². The van der Waals surface area contributed by atoms with Crippen molar-refractivity contribution >= 4 is 22.0 Å². The van der Waals surface area contributed by atoms with Crippen molar-refractivity contribution in [1.29, 1.82) is 0 Å². The molecule has 0 aliphatic carbocycles. The molecule has 4 nitrogen and oxygen atoms in total. The van der Waals surface area contributed by atoms with E-state index in [0.29, 0.717) is 19.8 Å². The van der Waals surface area contributed by atoms with E-state index in [-0.39, 0.29) is 18.1 Å². The molecule has 0 saturated carbocycles. The zero-order valence-corrected chi connectivity index (χ0v) is 15.6. The van der Waals surface area contributed by atoms with Crippen LogP contribution in [-0.4, -0.2) is 25.9 Å². The maximum atomic E-state index is 12.1. The molecule has 2 aromatic rings. The second kappa shape index (κ2) is 8.50. The van der Waals surface area contributed by atoms with Crippen LogP contribution in [0.2, 0.25) is 0 Å². The number of hydrogen-bond acceptors (Lipinski definition) is 3. The summed E-state index contributed by atoms with van der Waals surface area (Å²) in [7, 11) is 0. The van der Waals surface area contributed by atoms with Crippen molar-refractivity contribution in [1.82, 2.24) is 5.32 Å². The normalized spacial score (nSPS) is 16.2. The van der Waals surface area contributed by atoms with Crippen molar-refractivity contribution < 1.29 is 14.3 Å². The monoisotopic (exact) mass is 403 g/mol. The van der Waals surface area contributed by atoms with Crippen LogP contribution in [0.4, 0.5) is 4.79 Å². The molecule has 0 spiro atoms. The first kappa shape index (κ1) is 18.0. The Labute approximate surface area is 156 Å². The van der Waals surface area contributed by atoms with Crippen molar-refractivity contribution in [3.05, 3.63) is 70.2 Å². The van der Waals surface area contributed by atoms with Crippen LogP contribution in [-0.2, 0) is 21.5 Å². The number of nitrogens with one attached hydrogen (secondary N) is 1. The summed E-state index contributed by atoms with van der Waals surface area (Å²) in [5.74, 6) is 0. The van der Waals surface area contributed by atoms with Gasteiger partial charge in [0, 0.05) is 29.6 Å². The molecular formula is C20H22BrNO3. The number of amides is 1. The number of alkyl carbamates (subject to hydrolysis) is 1. The van der Waals surface area contributed by atoms with Gasteiger partial charge in [0.05, 0.1) is 0 Å². The molecule has 0 radical (unpaired) electrons. The van der Waals surface area contributed by atoms with Crippen LogP contribution < -0.4 is 5.32 Å². The van der Waals surface area contributed by atoms with Crippen LogP contribution in [0.15, 0.2) is 59.1 Å². The van der Waals surface area contributed by atoms with E-state index in [1.54, 1.807) is 0 Å². The highest BCUT2D eigenvalue weighted by Crippen LogP contribution is 2.35. The number of halogens is 1. The molecule has 1 saturated heterocycles.